The van der Waals surface area contributed by atoms with Crippen molar-refractivity contribution in [3.8, 4) is 0 Å². The fourth-order valence-electron chi connectivity index (χ4n) is 1.85. The molecule has 0 aliphatic heterocycles. The normalized spacial score (nSPS) is 12.9. The Morgan fingerprint density at radius 2 is 1.71 bits per heavy atom. The summed E-state index contributed by atoms with van der Waals surface area (Å²) in [6, 6.07) is 5.27. The van der Waals surface area contributed by atoms with Crippen molar-refractivity contribution in [1.82, 2.24) is 21.5 Å². The molecule has 0 radical (unpaired) electrons. The molecule has 4 N–H and O–H groups in total. The molecular formula is C16H20N4O4. The van der Waals surface area contributed by atoms with E-state index in [1.165, 1.54) is 0 Å². The monoisotopic (exact) mass is 332 g/mol. The van der Waals surface area contributed by atoms with E-state index in [9.17, 15) is 19.2 Å². The number of carbonyl (C=O) groups excluding carboxylic acids is 4. The van der Waals surface area contributed by atoms with Crippen LogP contribution in [-0.4, -0.2) is 36.2 Å². The van der Waals surface area contributed by atoms with E-state index >= 15 is 0 Å². The zero-order valence-electron chi connectivity index (χ0n) is 13.6. The summed E-state index contributed by atoms with van der Waals surface area (Å²) in [5.74, 6) is -2.78. The molecule has 1 fully saturated rings. The summed E-state index contributed by atoms with van der Waals surface area (Å²) < 4.78 is 0. The van der Waals surface area contributed by atoms with Gasteiger partial charge in [-0.15, -0.1) is 0 Å². The summed E-state index contributed by atoms with van der Waals surface area (Å²) in [4.78, 5) is 46.3. The van der Waals surface area contributed by atoms with Crippen molar-refractivity contribution >= 4 is 23.6 Å². The molecule has 0 heterocycles. The van der Waals surface area contributed by atoms with Gasteiger partial charge in [-0.25, -0.2) is 0 Å². The lowest BCUT2D eigenvalue weighted by molar-refractivity contribution is -0.140. The maximum atomic E-state index is 11.9. The second-order valence-electron chi connectivity index (χ2n) is 5.73. The van der Waals surface area contributed by atoms with Gasteiger partial charge in [0.25, 0.3) is 11.8 Å². The Morgan fingerprint density at radius 3 is 2.33 bits per heavy atom. The van der Waals surface area contributed by atoms with Crippen LogP contribution in [-0.2, 0) is 14.4 Å². The minimum atomic E-state index is -0.948. The molecule has 0 bridgehead atoms. The van der Waals surface area contributed by atoms with Gasteiger partial charge in [0, 0.05) is 11.6 Å². The van der Waals surface area contributed by atoms with Crippen LogP contribution in [0.25, 0.3) is 0 Å². The van der Waals surface area contributed by atoms with E-state index in [1.54, 1.807) is 12.1 Å². The number of aryl methyl sites for hydroxylation is 2. The van der Waals surface area contributed by atoms with Crippen molar-refractivity contribution in [2.24, 2.45) is 0 Å². The standard InChI is InChI=1S/C16H20N4O4/c1-9-3-4-11(7-10(9)2)14(22)17-8-13(21)19-20-16(24)15(23)18-12-5-6-12/h3-4,7,12H,5-6,8H2,1-2H3,(H,17,22)(H,18,23)(H,19,21)(H,20,24). The smallest absolute Gasteiger partial charge is 0.327 e. The molecule has 24 heavy (non-hydrogen) atoms. The van der Waals surface area contributed by atoms with E-state index in [2.05, 4.69) is 16.1 Å². The quantitative estimate of drug-likeness (QED) is 0.438. The fraction of sp³-hybridized carbons (Fsp3) is 0.375. The number of carbonyl (C=O) groups is 4. The topological polar surface area (TPSA) is 116 Å². The number of nitrogens with one attached hydrogen (secondary N) is 4. The molecule has 1 aromatic carbocycles. The number of benzene rings is 1. The van der Waals surface area contributed by atoms with Gasteiger partial charge in [-0.3, -0.25) is 30.0 Å². The Morgan fingerprint density at radius 1 is 1.00 bits per heavy atom. The number of hydrogen-bond donors (Lipinski definition) is 4. The zero-order chi connectivity index (χ0) is 17.7. The predicted octanol–water partition coefficient (Wildman–Crippen LogP) is -0.541. The highest BCUT2D eigenvalue weighted by atomic mass is 16.2. The third kappa shape index (κ3) is 5.08. The highest BCUT2D eigenvalue weighted by Crippen LogP contribution is 2.18. The molecule has 0 spiro atoms. The molecule has 0 saturated heterocycles. The van der Waals surface area contributed by atoms with Crippen LogP contribution in [0.5, 0.6) is 0 Å². The van der Waals surface area contributed by atoms with Crippen LogP contribution in [0, 0.1) is 13.8 Å². The summed E-state index contributed by atoms with van der Waals surface area (Å²) in [6.07, 6.45) is 1.71. The number of rotatable bonds is 4. The zero-order valence-corrected chi connectivity index (χ0v) is 13.6. The maximum absolute atomic E-state index is 11.9. The van der Waals surface area contributed by atoms with Gasteiger partial charge in [0.1, 0.15) is 0 Å². The highest BCUT2D eigenvalue weighted by molar-refractivity contribution is 6.35. The summed E-state index contributed by atoms with van der Waals surface area (Å²) in [6.45, 7) is 3.50. The van der Waals surface area contributed by atoms with Crippen LogP contribution < -0.4 is 21.5 Å². The fourth-order valence-corrected chi connectivity index (χ4v) is 1.85. The van der Waals surface area contributed by atoms with Crippen molar-refractivity contribution < 1.29 is 19.2 Å². The van der Waals surface area contributed by atoms with Crippen LogP contribution in [0.2, 0.25) is 0 Å². The molecule has 0 atom stereocenters. The Hall–Kier alpha value is -2.90. The van der Waals surface area contributed by atoms with E-state index in [0.717, 1.165) is 24.0 Å². The van der Waals surface area contributed by atoms with Crippen LogP contribution in [0.1, 0.15) is 34.3 Å². The van der Waals surface area contributed by atoms with Crippen LogP contribution in [0.4, 0.5) is 0 Å². The first-order chi connectivity index (χ1) is 11.4. The van der Waals surface area contributed by atoms with Gasteiger partial charge in [-0.2, -0.15) is 0 Å². The summed E-state index contributed by atoms with van der Waals surface area (Å²) in [5.41, 5.74) is 6.55. The lowest BCUT2D eigenvalue weighted by Crippen LogP contribution is -2.51. The SMILES string of the molecule is Cc1ccc(C(=O)NCC(=O)NNC(=O)C(=O)NC2CC2)cc1C. The third-order valence-corrected chi connectivity index (χ3v) is 3.61. The van der Waals surface area contributed by atoms with E-state index in [1.807, 2.05) is 25.3 Å². The second-order valence-corrected chi connectivity index (χ2v) is 5.73. The highest BCUT2D eigenvalue weighted by Gasteiger charge is 2.26. The Balaban J connectivity index is 1.71. The van der Waals surface area contributed by atoms with Crippen molar-refractivity contribution in [1.29, 1.82) is 0 Å². The van der Waals surface area contributed by atoms with E-state index in [0.29, 0.717) is 5.56 Å². The first-order valence-corrected chi connectivity index (χ1v) is 7.62. The molecule has 8 nitrogen and oxygen atoms in total. The molecular weight excluding hydrogens is 312 g/mol. The maximum Gasteiger partial charge on any atom is 0.327 e. The predicted molar refractivity (Wildman–Crippen MR) is 85.7 cm³/mol. The van der Waals surface area contributed by atoms with Crippen molar-refractivity contribution in [3.63, 3.8) is 0 Å². The molecule has 8 heteroatoms. The third-order valence-electron chi connectivity index (χ3n) is 3.61. The van der Waals surface area contributed by atoms with Gasteiger partial charge in [0.15, 0.2) is 0 Å². The average Bonchev–Trinajstić information content (AvgIpc) is 3.36. The van der Waals surface area contributed by atoms with Gasteiger partial charge < -0.3 is 10.6 Å². The lowest BCUT2D eigenvalue weighted by Gasteiger charge is -2.09. The van der Waals surface area contributed by atoms with Gasteiger partial charge in [0.05, 0.1) is 6.54 Å². The first kappa shape index (κ1) is 17.5. The Labute approximate surface area is 139 Å². The number of amides is 4. The lowest BCUT2D eigenvalue weighted by atomic mass is 10.1. The minimum absolute atomic E-state index is 0.0520. The van der Waals surface area contributed by atoms with Gasteiger partial charge >= 0.3 is 11.8 Å². The largest absolute Gasteiger partial charge is 0.345 e. The van der Waals surface area contributed by atoms with Crippen LogP contribution in [0.3, 0.4) is 0 Å². The molecule has 1 aromatic rings. The van der Waals surface area contributed by atoms with Crippen LogP contribution >= 0.6 is 0 Å². The second kappa shape index (κ2) is 7.58. The van der Waals surface area contributed by atoms with Gasteiger partial charge in [0.2, 0.25) is 0 Å². The molecule has 0 unspecified atom stereocenters. The average molecular weight is 332 g/mol. The summed E-state index contributed by atoms with van der Waals surface area (Å²) >= 11 is 0. The van der Waals surface area contributed by atoms with Crippen LogP contribution in [0.15, 0.2) is 18.2 Å². The molecule has 1 aliphatic carbocycles. The Kier molecular flexibility index (Phi) is 5.51. The molecule has 128 valence electrons. The molecule has 0 aromatic heterocycles. The van der Waals surface area contributed by atoms with E-state index in [4.69, 9.17) is 0 Å². The number of hydrogen-bond acceptors (Lipinski definition) is 4. The number of hydrazine groups is 1. The van der Waals surface area contributed by atoms with Gasteiger partial charge in [-0.05, 0) is 49.9 Å². The summed E-state index contributed by atoms with van der Waals surface area (Å²) in [5, 5.41) is 4.92. The summed E-state index contributed by atoms with van der Waals surface area (Å²) in [7, 11) is 0. The molecule has 1 saturated carbocycles. The van der Waals surface area contributed by atoms with E-state index in [-0.39, 0.29) is 12.6 Å². The van der Waals surface area contributed by atoms with E-state index < -0.39 is 23.6 Å². The van der Waals surface area contributed by atoms with Gasteiger partial charge in [-0.1, -0.05) is 6.07 Å². The molecule has 2 rings (SSSR count). The first-order valence-electron chi connectivity index (χ1n) is 7.62. The van der Waals surface area contributed by atoms with Crippen molar-refractivity contribution in [2.45, 2.75) is 32.7 Å². The molecule has 1 aliphatic rings. The van der Waals surface area contributed by atoms with Crippen molar-refractivity contribution in [3.05, 3.63) is 34.9 Å². The minimum Gasteiger partial charge on any atom is -0.345 e. The van der Waals surface area contributed by atoms with Crippen molar-refractivity contribution in [2.75, 3.05) is 6.54 Å². The molecule has 4 amide bonds. The Bertz CT molecular complexity index is 683.